The van der Waals surface area contributed by atoms with E-state index in [9.17, 15) is 4.79 Å². The molecule has 3 nitrogen and oxygen atoms in total. The molecule has 2 aliphatic heterocycles. The highest BCUT2D eigenvalue weighted by Gasteiger charge is 2.33. The summed E-state index contributed by atoms with van der Waals surface area (Å²) in [4.78, 5) is 14.0. The van der Waals surface area contributed by atoms with E-state index in [0.29, 0.717) is 5.88 Å². The van der Waals surface area contributed by atoms with Crippen LogP contribution in [0.5, 0.6) is 0 Å². The van der Waals surface area contributed by atoms with Crippen molar-refractivity contribution in [3.8, 4) is 0 Å². The van der Waals surface area contributed by atoms with Crippen LogP contribution in [0.15, 0.2) is 0 Å². The number of alkyl halides is 1. The van der Waals surface area contributed by atoms with Crippen molar-refractivity contribution >= 4 is 17.5 Å². The molecule has 2 fully saturated rings. The normalized spacial score (nSPS) is 31.9. The van der Waals surface area contributed by atoms with Crippen LogP contribution in [0, 0.1) is 0 Å². The number of piperidine rings is 1. The lowest BCUT2D eigenvalue weighted by molar-refractivity contribution is -0.144. The summed E-state index contributed by atoms with van der Waals surface area (Å²) in [6, 6.07) is 0.233. The zero-order chi connectivity index (χ0) is 10.7. The Morgan fingerprint density at radius 3 is 2.87 bits per heavy atom. The lowest BCUT2D eigenvalue weighted by Gasteiger charge is -2.35. The molecule has 2 atom stereocenters. The third-order valence-corrected chi connectivity index (χ3v) is 3.65. The van der Waals surface area contributed by atoms with Crippen LogP contribution in [0.4, 0.5) is 0 Å². The van der Waals surface area contributed by atoms with Gasteiger partial charge in [0.25, 0.3) is 5.91 Å². The van der Waals surface area contributed by atoms with Gasteiger partial charge < -0.3 is 9.64 Å². The van der Waals surface area contributed by atoms with Crippen LogP contribution in [-0.2, 0) is 9.53 Å². The van der Waals surface area contributed by atoms with Crippen LogP contribution >= 0.6 is 11.6 Å². The number of hydrogen-bond acceptors (Lipinski definition) is 2. The first kappa shape index (κ1) is 11.2. The molecule has 2 heterocycles. The lowest BCUT2D eigenvalue weighted by atomic mass is 10.0. The van der Waals surface area contributed by atoms with Gasteiger partial charge in [0.1, 0.15) is 6.10 Å². The van der Waals surface area contributed by atoms with Crippen LogP contribution in [-0.4, -0.2) is 42.0 Å². The Morgan fingerprint density at radius 1 is 1.33 bits per heavy atom. The number of carbonyl (C=O) groups is 1. The van der Waals surface area contributed by atoms with Crippen molar-refractivity contribution in [1.29, 1.82) is 0 Å². The average Bonchev–Trinajstić information content (AvgIpc) is 2.81. The van der Waals surface area contributed by atoms with Crippen molar-refractivity contribution in [3.05, 3.63) is 0 Å². The molecule has 4 heteroatoms. The van der Waals surface area contributed by atoms with E-state index in [1.807, 2.05) is 4.90 Å². The van der Waals surface area contributed by atoms with Gasteiger partial charge in [0.15, 0.2) is 0 Å². The van der Waals surface area contributed by atoms with Crippen molar-refractivity contribution in [3.63, 3.8) is 0 Å². The van der Waals surface area contributed by atoms with Gasteiger partial charge in [-0.2, -0.15) is 0 Å². The van der Waals surface area contributed by atoms with Gasteiger partial charge in [-0.1, -0.05) is 0 Å². The van der Waals surface area contributed by atoms with E-state index >= 15 is 0 Å². The Balaban J connectivity index is 1.96. The van der Waals surface area contributed by atoms with Crippen molar-refractivity contribution in [2.75, 3.05) is 19.0 Å². The monoisotopic (exact) mass is 231 g/mol. The summed E-state index contributed by atoms with van der Waals surface area (Å²) in [5.74, 6) is 0.719. The largest absolute Gasteiger partial charge is 0.368 e. The first-order valence-corrected chi connectivity index (χ1v) is 6.34. The van der Waals surface area contributed by atoms with Crippen LogP contribution in [0.2, 0.25) is 0 Å². The molecule has 0 N–H and O–H groups in total. The van der Waals surface area contributed by atoms with E-state index in [1.54, 1.807) is 0 Å². The minimum Gasteiger partial charge on any atom is -0.368 e. The third-order valence-electron chi connectivity index (χ3n) is 3.29. The average molecular weight is 232 g/mol. The van der Waals surface area contributed by atoms with Gasteiger partial charge in [-0.25, -0.2) is 0 Å². The van der Waals surface area contributed by atoms with Gasteiger partial charge in [-0.05, 0) is 32.1 Å². The molecule has 0 aromatic carbocycles. The molecule has 2 unspecified atom stereocenters. The van der Waals surface area contributed by atoms with E-state index in [1.165, 1.54) is 6.42 Å². The minimum absolute atomic E-state index is 0.165. The van der Waals surface area contributed by atoms with E-state index in [4.69, 9.17) is 16.3 Å². The number of likely N-dealkylation sites (tertiary alicyclic amines) is 1. The topological polar surface area (TPSA) is 29.5 Å². The van der Waals surface area contributed by atoms with Crippen molar-refractivity contribution in [1.82, 2.24) is 4.90 Å². The van der Waals surface area contributed by atoms with E-state index in [2.05, 4.69) is 0 Å². The summed E-state index contributed by atoms with van der Waals surface area (Å²) in [7, 11) is 0. The molecule has 0 aromatic rings. The van der Waals surface area contributed by atoms with Crippen LogP contribution in [0.3, 0.4) is 0 Å². The van der Waals surface area contributed by atoms with E-state index < -0.39 is 0 Å². The smallest absolute Gasteiger partial charge is 0.251 e. The number of ether oxygens (including phenoxy) is 1. The highest BCUT2D eigenvalue weighted by atomic mass is 35.5. The van der Waals surface area contributed by atoms with Gasteiger partial charge in [0.05, 0.1) is 0 Å². The minimum atomic E-state index is -0.186. The molecule has 2 rings (SSSR count). The number of carbonyl (C=O) groups excluding carboxylic acids is 1. The highest BCUT2D eigenvalue weighted by Crippen LogP contribution is 2.22. The molecular weight excluding hydrogens is 214 g/mol. The molecule has 2 aliphatic rings. The fraction of sp³-hybridized carbons (Fsp3) is 0.909. The van der Waals surface area contributed by atoms with Crippen molar-refractivity contribution in [2.24, 2.45) is 0 Å². The molecule has 86 valence electrons. The second-order valence-corrected chi connectivity index (χ2v) is 4.65. The summed E-state index contributed by atoms with van der Waals surface area (Å²) in [5.41, 5.74) is 0. The summed E-state index contributed by atoms with van der Waals surface area (Å²) < 4.78 is 5.43. The van der Waals surface area contributed by atoms with Crippen molar-refractivity contribution < 1.29 is 9.53 Å². The van der Waals surface area contributed by atoms with Gasteiger partial charge in [0, 0.05) is 25.1 Å². The zero-order valence-corrected chi connectivity index (χ0v) is 9.71. The van der Waals surface area contributed by atoms with Crippen molar-refractivity contribution in [2.45, 2.75) is 44.2 Å². The standard InChI is InChI=1S/C11H18ClNO2/c12-8-9-4-1-2-6-13(9)11(14)10-5-3-7-15-10/h9-10H,1-8H2. The van der Waals surface area contributed by atoms with E-state index in [-0.39, 0.29) is 18.1 Å². The summed E-state index contributed by atoms with van der Waals surface area (Å²) in [5, 5.41) is 0. The molecule has 0 spiro atoms. The fourth-order valence-electron chi connectivity index (χ4n) is 2.41. The first-order valence-electron chi connectivity index (χ1n) is 5.81. The maximum Gasteiger partial charge on any atom is 0.251 e. The number of hydrogen-bond donors (Lipinski definition) is 0. The SMILES string of the molecule is O=C(C1CCCO1)N1CCCCC1CCl. The second kappa shape index (κ2) is 5.17. The predicted octanol–water partition coefficient (Wildman–Crippen LogP) is 1.79. The van der Waals surface area contributed by atoms with Gasteiger partial charge in [-0.15, -0.1) is 11.6 Å². The Bertz CT molecular complexity index is 229. The maximum absolute atomic E-state index is 12.1. The Labute approximate surface area is 95.7 Å². The molecule has 0 radical (unpaired) electrons. The van der Waals surface area contributed by atoms with Gasteiger partial charge >= 0.3 is 0 Å². The van der Waals surface area contributed by atoms with Gasteiger partial charge in [-0.3, -0.25) is 4.79 Å². The first-order chi connectivity index (χ1) is 7.33. The summed E-state index contributed by atoms with van der Waals surface area (Å²) >= 11 is 5.89. The Morgan fingerprint density at radius 2 is 2.20 bits per heavy atom. The molecule has 0 aromatic heterocycles. The van der Waals surface area contributed by atoms with Crippen LogP contribution in [0.1, 0.15) is 32.1 Å². The fourth-order valence-corrected chi connectivity index (χ4v) is 2.73. The molecule has 1 amide bonds. The summed E-state index contributed by atoms with van der Waals surface area (Å²) in [6.45, 7) is 1.59. The molecule has 0 bridgehead atoms. The lowest BCUT2D eigenvalue weighted by Crippen LogP contribution is -2.48. The Kier molecular flexibility index (Phi) is 3.87. The zero-order valence-electron chi connectivity index (χ0n) is 8.95. The quantitative estimate of drug-likeness (QED) is 0.679. The van der Waals surface area contributed by atoms with Gasteiger partial charge in [0.2, 0.25) is 0 Å². The molecule has 0 aliphatic carbocycles. The van der Waals surface area contributed by atoms with Crippen LogP contribution < -0.4 is 0 Å². The Hall–Kier alpha value is -0.280. The maximum atomic E-state index is 12.1. The second-order valence-electron chi connectivity index (χ2n) is 4.34. The number of rotatable bonds is 2. The third kappa shape index (κ3) is 2.45. The molecule has 2 saturated heterocycles. The van der Waals surface area contributed by atoms with E-state index in [0.717, 1.165) is 38.8 Å². The number of amides is 1. The molecule has 0 saturated carbocycles. The summed E-state index contributed by atoms with van der Waals surface area (Å²) in [6.07, 6.45) is 5.04. The molecular formula is C11H18ClNO2. The number of halogens is 1. The highest BCUT2D eigenvalue weighted by molar-refractivity contribution is 6.18. The predicted molar refractivity (Wildman–Crippen MR) is 59.0 cm³/mol. The molecule has 15 heavy (non-hydrogen) atoms. The number of nitrogens with zero attached hydrogens (tertiary/aromatic N) is 1. The van der Waals surface area contributed by atoms with Crippen LogP contribution in [0.25, 0.3) is 0 Å².